The molecule has 0 bridgehead atoms. The molecule has 0 atom stereocenters. The maximum absolute atomic E-state index is 11.0. The lowest BCUT2D eigenvalue weighted by Crippen LogP contribution is -2.09. The number of anilines is 6. The fraction of sp³-hybridized carbons (Fsp3) is 0.0213. The van der Waals surface area contributed by atoms with Crippen LogP contribution in [-0.4, -0.2) is 12.2 Å². The topological polar surface area (TPSA) is 35.9 Å². The van der Waals surface area contributed by atoms with Crippen LogP contribution >= 0.6 is 0 Å². The van der Waals surface area contributed by atoms with Crippen molar-refractivity contribution in [1.82, 2.24) is 0 Å². The molecule has 51 heavy (non-hydrogen) atoms. The highest BCUT2D eigenvalue weighted by Crippen LogP contribution is 2.36. The number of phenols is 1. The summed E-state index contributed by atoms with van der Waals surface area (Å²) in [7, 11) is 1.65. The van der Waals surface area contributed by atoms with Gasteiger partial charge < -0.3 is 19.6 Å². The zero-order chi connectivity index (χ0) is 34.8. The van der Waals surface area contributed by atoms with Crippen LogP contribution in [0.5, 0.6) is 11.5 Å². The standard InChI is InChI=1S/C47H38N2O2/c1-51-47-35-38(28-22-36-24-30-44(31-25-36)48(40-14-6-2-7-15-40)41-16-8-3-9-17-41)46(50)34-39(47)29-23-37-26-32-45(33-27-37)49(42-18-10-4-11-19-42)43-20-12-5-13-21-43/h2-35,50H,1H3/b28-22+,29-23+. The van der Waals surface area contributed by atoms with Crippen LogP contribution in [0.15, 0.2) is 182 Å². The first kappa shape index (κ1) is 32.8. The van der Waals surface area contributed by atoms with Gasteiger partial charge in [-0.05, 0) is 96.1 Å². The van der Waals surface area contributed by atoms with Gasteiger partial charge in [-0.25, -0.2) is 0 Å². The Morgan fingerprint density at radius 3 is 1.08 bits per heavy atom. The van der Waals surface area contributed by atoms with Gasteiger partial charge >= 0.3 is 0 Å². The summed E-state index contributed by atoms with van der Waals surface area (Å²) in [6, 6.07) is 61.8. The van der Waals surface area contributed by atoms with Gasteiger partial charge in [0.15, 0.2) is 0 Å². The second-order valence-electron chi connectivity index (χ2n) is 12.0. The molecule has 7 rings (SSSR count). The number of phenolic OH excluding ortho intramolecular Hbond substituents is 1. The summed E-state index contributed by atoms with van der Waals surface area (Å²) in [6.45, 7) is 0. The monoisotopic (exact) mass is 662 g/mol. The number of methoxy groups -OCH3 is 1. The lowest BCUT2D eigenvalue weighted by molar-refractivity contribution is 0.411. The lowest BCUT2D eigenvalue weighted by atomic mass is 10.0. The van der Waals surface area contributed by atoms with Gasteiger partial charge in [0.2, 0.25) is 0 Å². The Bertz CT molecular complexity index is 2140. The van der Waals surface area contributed by atoms with Gasteiger partial charge in [-0.2, -0.15) is 0 Å². The summed E-state index contributed by atoms with van der Waals surface area (Å²) in [5.41, 5.74) is 10.0. The molecule has 0 radical (unpaired) electrons. The fourth-order valence-corrected chi connectivity index (χ4v) is 6.08. The van der Waals surface area contributed by atoms with E-state index in [1.165, 1.54) is 0 Å². The first-order valence-corrected chi connectivity index (χ1v) is 16.9. The smallest absolute Gasteiger partial charge is 0.126 e. The molecular formula is C47H38N2O2. The third-order valence-electron chi connectivity index (χ3n) is 8.65. The van der Waals surface area contributed by atoms with E-state index in [1.54, 1.807) is 13.2 Å². The van der Waals surface area contributed by atoms with Crippen molar-refractivity contribution in [2.45, 2.75) is 0 Å². The van der Waals surface area contributed by atoms with Gasteiger partial charge in [-0.3, -0.25) is 0 Å². The van der Waals surface area contributed by atoms with Crippen molar-refractivity contribution in [3.05, 3.63) is 204 Å². The van der Waals surface area contributed by atoms with E-state index in [1.807, 2.05) is 78.9 Å². The van der Waals surface area contributed by atoms with Gasteiger partial charge in [0.1, 0.15) is 11.5 Å². The molecule has 4 nitrogen and oxygen atoms in total. The predicted molar refractivity (Wildman–Crippen MR) is 215 cm³/mol. The highest BCUT2D eigenvalue weighted by molar-refractivity contribution is 5.82. The van der Waals surface area contributed by atoms with E-state index in [4.69, 9.17) is 4.74 Å². The van der Waals surface area contributed by atoms with E-state index in [0.717, 1.165) is 50.8 Å². The highest BCUT2D eigenvalue weighted by Gasteiger charge is 2.13. The molecule has 0 aliphatic rings. The van der Waals surface area contributed by atoms with Crippen molar-refractivity contribution in [1.29, 1.82) is 0 Å². The van der Waals surface area contributed by atoms with Crippen molar-refractivity contribution >= 4 is 58.4 Å². The van der Waals surface area contributed by atoms with Crippen LogP contribution in [0.1, 0.15) is 22.3 Å². The molecular weight excluding hydrogens is 625 g/mol. The third kappa shape index (κ3) is 7.77. The number of para-hydroxylation sites is 4. The van der Waals surface area contributed by atoms with Gasteiger partial charge in [0.05, 0.1) is 7.11 Å². The second-order valence-corrected chi connectivity index (χ2v) is 12.0. The number of aromatic hydroxyl groups is 1. The van der Waals surface area contributed by atoms with E-state index in [2.05, 4.69) is 131 Å². The van der Waals surface area contributed by atoms with Gasteiger partial charge in [0, 0.05) is 45.3 Å². The minimum atomic E-state index is 0.180. The number of benzene rings is 7. The van der Waals surface area contributed by atoms with Crippen LogP contribution in [0.3, 0.4) is 0 Å². The number of hydrogen-bond acceptors (Lipinski definition) is 4. The Balaban J connectivity index is 1.08. The number of ether oxygens (including phenoxy) is 1. The van der Waals surface area contributed by atoms with Crippen LogP contribution < -0.4 is 14.5 Å². The zero-order valence-corrected chi connectivity index (χ0v) is 28.4. The Kier molecular flexibility index (Phi) is 10.0. The van der Waals surface area contributed by atoms with Crippen molar-refractivity contribution in [3.63, 3.8) is 0 Å². The molecule has 0 amide bonds. The number of nitrogens with zero attached hydrogens (tertiary/aromatic N) is 2. The summed E-state index contributed by atoms with van der Waals surface area (Å²) in [5, 5.41) is 11.0. The molecule has 0 spiro atoms. The summed E-state index contributed by atoms with van der Waals surface area (Å²) in [6.07, 6.45) is 7.91. The van der Waals surface area contributed by atoms with Gasteiger partial charge in [0.25, 0.3) is 0 Å². The molecule has 0 heterocycles. The molecule has 4 heteroatoms. The molecule has 0 aromatic heterocycles. The highest BCUT2D eigenvalue weighted by atomic mass is 16.5. The first-order chi connectivity index (χ1) is 25.2. The molecule has 0 unspecified atom stereocenters. The van der Waals surface area contributed by atoms with Crippen LogP contribution in [0.2, 0.25) is 0 Å². The lowest BCUT2D eigenvalue weighted by Gasteiger charge is -2.25. The molecule has 7 aromatic rings. The normalized spacial score (nSPS) is 11.2. The van der Waals surface area contributed by atoms with Crippen molar-refractivity contribution in [2.75, 3.05) is 16.9 Å². The maximum atomic E-state index is 11.0. The van der Waals surface area contributed by atoms with E-state index in [-0.39, 0.29) is 5.75 Å². The van der Waals surface area contributed by atoms with Crippen LogP contribution in [0.25, 0.3) is 24.3 Å². The average molecular weight is 663 g/mol. The van der Waals surface area contributed by atoms with E-state index in [0.29, 0.717) is 11.3 Å². The number of hydrogen-bond donors (Lipinski definition) is 1. The third-order valence-corrected chi connectivity index (χ3v) is 8.65. The Labute approximate surface area is 300 Å². The molecule has 0 aliphatic heterocycles. The molecule has 0 fully saturated rings. The Hall–Kier alpha value is -6.78. The molecule has 7 aromatic carbocycles. The van der Waals surface area contributed by atoms with E-state index >= 15 is 0 Å². The summed E-state index contributed by atoms with van der Waals surface area (Å²) in [4.78, 5) is 4.47. The quantitative estimate of drug-likeness (QED) is 0.140. The molecule has 0 saturated heterocycles. The summed E-state index contributed by atoms with van der Waals surface area (Å²) < 4.78 is 5.75. The van der Waals surface area contributed by atoms with Crippen LogP contribution in [-0.2, 0) is 0 Å². The fourth-order valence-electron chi connectivity index (χ4n) is 6.08. The summed E-state index contributed by atoms with van der Waals surface area (Å²) in [5.74, 6) is 0.857. The maximum Gasteiger partial charge on any atom is 0.126 e. The van der Waals surface area contributed by atoms with Crippen molar-refractivity contribution in [3.8, 4) is 11.5 Å². The minimum absolute atomic E-state index is 0.180. The number of rotatable bonds is 11. The predicted octanol–water partition coefficient (Wildman–Crippen LogP) is 12.7. The average Bonchev–Trinajstić information content (AvgIpc) is 3.19. The Morgan fingerprint density at radius 1 is 0.392 bits per heavy atom. The van der Waals surface area contributed by atoms with Gasteiger partial charge in [-0.1, -0.05) is 121 Å². The van der Waals surface area contributed by atoms with Crippen LogP contribution in [0.4, 0.5) is 34.1 Å². The summed E-state index contributed by atoms with van der Waals surface area (Å²) >= 11 is 0. The second kappa shape index (κ2) is 15.6. The molecule has 248 valence electrons. The molecule has 0 saturated carbocycles. The zero-order valence-electron chi connectivity index (χ0n) is 28.4. The van der Waals surface area contributed by atoms with E-state index < -0.39 is 0 Å². The van der Waals surface area contributed by atoms with Crippen molar-refractivity contribution in [2.24, 2.45) is 0 Å². The van der Waals surface area contributed by atoms with Crippen LogP contribution in [0, 0.1) is 0 Å². The molecule has 0 aliphatic carbocycles. The van der Waals surface area contributed by atoms with Crippen molar-refractivity contribution < 1.29 is 9.84 Å². The largest absolute Gasteiger partial charge is 0.507 e. The van der Waals surface area contributed by atoms with Gasteiger partial charge in [-0.15, -0.1) is 0 Å². The first-order valence-electron chi connectivity index (χ1n) is 16.9. The SMILES string of the molecule is COc1cc(/C=C/c2ccc(N(c3ccccc3)c3ccccc3)cc2)c(O)cc1/C=C/c1ccc(N(c2ccccc2)c2ccccc2)cc1. The molecule has 1 N–H and O–H groups in total. The van der Waals surface area contributed by atoms with E-state index in [9.17, 15) is 5.11 Å². The Morgan fingerprint density at radius 2 is 0.725 bits per heavy atom. The minimum Gasteiger partial charge on any atom is -0.507 e.